The van der Waals surface area contributed by atoms with E-state index < -0.39 is 0 Å². The van der Waals surface area contributed by atoms with Crippen LogP contribution >= 0.6 is 11.3 Å². The number of aromatic nitrogens is 1. The molecule has 1 aromatic heterocycles. The summed E-state index contributed by atoms with van der Waals surface area (Å²) in [6.45, 7) is 4.80. The average Bonchev–Trinajstić information content (AvgIpc) is 3.42. The molecular weight excluding hydrogens is 384 g/mol. The van der Waals surface area contributed by atoms with Crippen LogP contribution in [0.3, 0.4) is 0 Å². The van der Waals surface area contributed by atoms with E-state index in [0.29, 0.717) is 0 Å². The molecule has 0 spiro atoms. The van der Waals surface area contributed by atoms with Crippen LogP contribution in [0.5, 0.6) is 5.75 Å². The van der Waals surface area contributed by atoms with Crippen LogP contribution in [0.25, 0.3) is 0 Å². The third kappa shape index (κ3) is 5.08. The summed E-state index contributed by atoms with van der Waals surface area (Å²) in [4.78, 5) is 24.7. The van der Waals surface area contributed by atoms with Gasteiger partial charge < -0.3 is 14.5 Å². The van der Waals surface area contributed by atoms with Crippen molar-refractivity contribution >= 4 is 22.4 Å². The fourth-order valence-electron chi connectivity index (χ4n) is 3.95. The minimum absolute atomic E-state index is 0.142. The number of ether oxygens (including phenoxy) is 1. The second kappa shape index (κ2) is 9.13. The molecule has 0 aliphatic carbocycles. The third-order valence-corrected chi connectivity index (χ3v) is 6.79. The van der Waals surface area contributed by atoms with Gasteiger partial charge in [-0.3, -0.25) is 9.69 Å². The maximum Gasteiger partial charge on any atom is 0.253 e. The zero-order chi connectivity index (χ0) is 20.2. The van der Waals surface area contributed by atoms with Crippen LogP contribution in [0, 0.1) is 0 Å². The largest absolute Gasteiger partial charge is 0.490 e. The van der Waals surface area contributed by atoms with Gasteiger partial charge in [-0.25, -0.2) is 4.98 Å². The fourth-order valence-corrected chi connectivity index (χ4v) is 4.83. The minimum atomic E-state index is 0.142. The summed E-state index contributed by atoms with van der Waals surface area (Å²) in [7, 11) is 4.06. The van der Waals surface area contributed by atoms with Crippen molar-refractivity contribution in [3.63, 3.8) is 0 Å². The maximum absolute atomic E-state index is 12.4. The monoisotopic (exact) mass is 414 g/mol. The fraction of sp³-hybridized carbons (Fsp3) is 0.545. The van der Waals surface area contributed by atoms with Gasteiger partial charge in [-0.2, -0.15) is 0 Å². The van der Waals surface area contributed by atoms with E-state index in [1.54, 1.807) is 11.3 Å². The quantitative estimate of drug-likeness (QED) is 0.724. The van der Waals surface area contributed by atoms with Crippen molar-refractivity contribution in [3.05, 3.63) is 40.9 Å². The lowest BCUT2D eigenvalue weighted by Gasteiger charge is -2.31. The molecular formula is C22H30N4O2S. The Morgan fingerprint density at radius 2 is 1.83 bits per heavy atom. The number of rotatable bonds is 6. The van der Waals surface area contributed by atoms with E-state index in [-0.39, 0.29) is 12.0 Å². The summed E-state index contributed by atoms with van der Waals surface area (Å²) < 4.78 is 6.18. The summed E-state index contributed by atoms with van der Waals surface area (Å²) >= 11 is 1.76. The highest BCUT2D eigenvalue weighted by atomic mass is 32.1. The zero-order valence-corrected chi connectivity index (χ0v) is 18.2. The van der Waals surface area contributed by atoms with Gasteiger partial charge in [0.05, 0.1) is 0 Å². The number of hydrogen-bond donors (Lipinski definition) is 0. The van der Waals surface area contributed by atoms with Crippen LogP contribution in [-0.2, 0) is 6.54 Å². The SMILES string of the molecule is CN(C)c1ncc(CN2CCC(Oc3ccc(C(=O)N4CCCC4)cc3)CC2)s1. The summed E-state index contributed by atoms with van der Waals surface area (Å²) in [6, 6.07) is 7.68. The van der Waals surface area contributed by atoms with Crippen LogP contribution in [0.2, 0.25) is 0 Å². The molecule has 1 amide bonds. The van der Waals surface area contributed by atoms with Gasteiger partial charge in [0.25, 0.3) is 5.91 Å². The molecule has 29 heavy (non-hydrogen) atoms. The molecule has 0 saturated carbocycles. The highest BCUT2D eigenvalue weighted by molar-refractivity contribution is 7.15. The number of nitrogens with zero attached hydrogens (tertiary/aromatic N) is 4. The van der Waals surface area contributed by atoms with Gasteiger partial charge >= 0.3 is 0 Å². The zero-order valence-electron chi connectivity index (χ0n) is 17.3. The van der Waals surface area contributed by atoms with Crippen molar-refractivity contribution in [1.82, 2.24) is 14.8 Å². The van der Waals surface area contributed by atoms with E-state index in [1.807, 2.05) is 49.5 Å². The maximum atomic E-state index is 12.4. The Morgan fingerprint density at radius 3 is 2.45 bits per heavy atom. The molecule has 0 N–H and O–H groups in total. The molecule has 6 nitrogen and oxygen atoms in total. The minimum Gasteiger partial charge on any atom is -0.490 e. The Balaban J connectivity index is 1.24. The van der Waals surface area contributed by atoms with Gasteiger partial charge in [0.2, 0.25) is 0 Å². The Labute approximate surface area is 177 Å². The topological polar surface area (TPSA) is 48.9 Å². The normalized spacial score (nSPS) is 18.2. The molecule has 156 valence electrons. The van der Waals surface area contributed by atoms with Crippen molar-refractivity contribution in [1.29, 1.82) is 0 Å². The second-order valence-electron chi connectivity index (χ2n) is 8.12. The van der Waals surface area contributed by atoms with E-state index in [9.17, 15) is 4.79 Å². The Kier molecular flexibility index (Phi) is 6.35. The van der Waals surface area contributed by atoms with E-state index in [4.69, 9.17) is 4.74 Å². The Bertz CT molecular complexity index is 806. The lowest BCUT2D eigenvalue weighted by molar-refractivity contribution is 0.0792. The van der Waals surface area contributed by atoms with E-state index in [2.05, 4.69) is 14.8 Å². The number of carbonyl (C=O) groups is 1. The van der Waals surface area contributed by atoms with E-state index >= 15 is 0 Å². The van der Waals surface area contributed by atoms with Gasteiger partial charge in [0.15, 0.2) is 5.13 Å². The first-order valence-electron chi connectivity index (χ1n) is 10.5. The van der Waals surface area contributed by atoms with Crippen molar-refractivity contribution in [2.45, 2.75) is 38.3 Å². The van der Waals surface area contributed by atoms with Crippen molar-refractivity contribution in [3.8, 4) is 5.75 Å². The second-order valence-corrected chi connectivity index (χ2v) is 9.21. The highest BCUT2D eigenvalue weighted by Crippen LogP contribution is 2.25. The molecule has 4 rings (SSSR count). The van der Waals surface area contributed by atoms with Gasteiger partial charge in [0.1, 0.15) is 11.9 Å². The van der Waals surface area contributed by atoms with E-state index in [0.717, 1.165) is 74.9 Å². The van der Waals surface area contributed by atoms with Gasteiger partial charge in [0, 0.05) is 63.5 Å². The summed E-state index contributed by atoms with van der Waals surface area (Å²) in [6.07, 6.45) is 6.51. The molecule has 2 saturated heterocycles. The van der Waals surface area contributed by atoms with Crippen LogP contribution in [-0.4, -0.2) is 67.1 Å². The van der Waals surface area contributed by atoms with Crippen LogP contribution in [0.4, 0.5) is 5.13 Å². The van der Waals surface area contributed by atoms with Crippen molar-refractivity contribution in [2.75, 3.05) is 45.2 Å². The molecule has 3 heterocycles. The number of likely N-dealkylation sites (tertiary alicyclic amines) is 2. The first kappa shape index (κ1) is 20.2. The number of carbonyl (C=O) groups excluding carboxylic acids is 1. The Morgan fingerprint density at radius 1 is 1.14 bits per heavy atom. The predicted molar refractivity (Wildman–Crippen MR) is 117 cm³/mol. The highest BCUT2D eigenvalue weighted by Gasteiger charge is 2.22. The number of anilines is 1. The molecule has 7 heteroatoms. The smallest absolute Gasteiger partial charge is 0.253 e. The van der Waals surface area contributed by atoms with Gasteiger partial charge in [-0.15, -0.1) is 11.3 Å². The Hall–Kier alpha value is -2.12. The molecule has 1 aromatic carbocycles. The number of amides is 1. The predicted octanol–water partition coefficient (Wildman–Crippen LogP) is 3.49. The van der Waals surface area contributed by atoms with Gasteiger partial charge in [-0.1, -0.05) is 0 Å². The van der Waals surface area contributed by atoms with Crippen LogP contribution in [0.15, 0.2) is 30.5 Å². The standard InChI is InChI=1S/C22H30N4O2S/c1-24(2)22-23-15-20(29-22)16-25-13-9-19(10-14-25)28-18-7-5-17(6-8-18)21(27)26-11-3-4-12-26/h5-8,15,19H,3-4,9-14,16H2,1-2H3. The first-order valence-corrected chi connectivity index (χ1v) is 11.3. The van der Waals surface area contributed by atoms with Crippen LogP contribution < -0.4 is 9.64 Å². The summed E-state index contributed by atoms with van der Waals surface area (Å²) in [5.41, 5.74) is 0.760. The molecule has 0 atom stereocenters. The number of benzene rings is 1. The molecule has 2 aromatic rings. The summed E-state index contributed by atoms with van der Waals surface area (Å²) in [5, 5.41) is 1.06. The average molecular weight is 415 g/mol. The number of hydrogen-bond acceptors (Lipinski definition) is 6. The molecule has 0 unspecified atom stereocenters. The molecule has 0 radical (unpaired) electrons. The van der Waals surface area contributed by atoms with E-state index in [1.165, 1.54) is 4.88 Å². The van der Waals surface area contributed by atoms with Crippen LogP contribution in [0.1, 0.15) is 40.9 Å². The molecule has 2 fully saturated rings. The molecule has 0 bridgehead atoms. The first-order chi connectivity index (χ1) is 14.1. The number of thiazole rings is 1. The molecule has 2 aliphatic rings. The molecule has 2 aliphatic heterocycles. The van der Waals surface area contributed by atoms with Gasteiger partial charge in [-0.05, 0) is 49.9 Å². The van der Waals surface area contributed by atoms with Crippen molar-refractivity contribution in [2.24, 2.45) is 0 Å². The number of piperidine rings is 1. The third-order valence-electron chi connectivity index (χ3n) is 5.64. The lowest BCUT2D eigenvalue weighted by Crippen LogP contribution is -2.37. The van der Waals surface area contributed by atoms with Crippen molar-refractivity contribution < 1.29 is 9.53 Å². The lowest BCUT2D eigenvalue weighted by atomic mass is 10.1. The summed E-state index contributed by atoms with van der Waals surface area (Å²) in [5.74, 6) is 1.00.